The summed E-state index contributed by atoms with van der Waals surface area (Å²) >= 11 is 5.97. The lowest BCUT2D eigenvalue weighted by atomic mass is 9.64. The lowest BCUT2D eigenvalue weighted by molar-refractivity contribution is -0.156. The SMILES string of the molecule is O=C(COC(=O)C1(c2ccc(F)cc2)CCC1)Nc1ccccc1Cl. The molecule has 1 aliphatic rings. The van der Waals surface area contributed by atoms with Gasteiger partial charge >= 0.3 is 5.97 Å². The van der Waals surface area contributed by atoms with Gasteiger partial charge in [-0.3, -0.25) is 9.59 Å². The topological polar surface area (TPSA) is 55.4 Å². The molecule has 0 aromatic heterocycles. The van der Waals surface area contributed by atoms with Crippen LogP contribution in [-0.2, 0) is 19.7 Å². The monoisotopic (exact) mass is 361 g/mol. The summed E-state index contributed by atoms with van der Waals surface area (Å²) < 4.78 is 18.3. The number of hydrogen-bond donors (Lipinski definition) is 1. The second kappa shape index (κ2) is 7.23. The van der Waals surface area contributed by atoms with Gasteiger partial charge < -0.3 is 10.1 Å². The van der Waals surface area contributed by atoms with Gasteiger partial charge in [-0.25, -0.2) is 4.39 Å². The lowest BCUT2D eigenvalue weighted by Crippen LogP contribution is -2.44. The molecule has 0 spiro atoms. The number of rotatable bonds is 5. The number of carbonyl (C=O) groups excluding carboxylic acids is 2. The molecule has 3 rings (SSSR count). The van der Waals surface area contributed by atoms with Crippen LogP contribution in [0.4, 0.5) is 10.1 Å². The fourth-order valence-corrected chi connectivity index (χ4v) is 3.11. The van der Waals surface area contributed by atoms with Crippen molar-refractivity contribution in [3.8, 4) is 0 Å². The Hall–Kier alpha value is -2.40. The Balaban J connectivity index is 1.62. The fraction of sp³-hybridized carbons (Fsp3) is 0.263. The normalized spacial score (nSPS) is 15.1. The first-order valence-electron chi connectivity index (χ1n) is 7.99. The zero-order valence-corrected chi connectivity index (χ0v) is 14.2. The van der Waals surface area contributed by atoms with Crippen LogP contribution in [0.1, 0.15) is 24.8 Å². The van der Waals surface area contributed by atoms with Crippen LogP contribution < -0.4 is 5.32 Å². The minimum Gasteiger partial charge on any atom is -0.455 e. The molecule has 1 saturated carbocycles. The highest BCUT2D eigenvalue weighted by Crippen LogP contribution is 2.44. The first-order valence-corrected chi connectivity index (χ1v) is 8.37. The van der Waals surface area contributed by atoms with E-state index in [1.54, 1.807) is 36.4 Å². The van der Waals surface area contributed by atoms with Crippen molar-refractivity contribution in [2.75, 3.05) is 11.9 Å². The van der Waals surface area contributed by atoms with Gasteiger partial charge in [0.15, 0.2) is 6.61 Å². The van der Waals surface area contributed by atoms with Gasteiger partial charge in [0.25, 0.3) is 5.91 Å². The molecule has 0 atom stereocenters. The number of esters is 1. The molecule has 6 heteroatoms. The third-order valence-corrected chi connectivity index (χ3v) is 4.81. The number of nitrogens with one attached hydrogen (secondary N) is 1. The Labute approximate surface area is 149 Å². The van der Waals surface area contributed by atoms with E-state index in [0.717, 1.165) is 12.0 Å². The van der Waals surface area contributed by atoms with Gasteiger partial charge in [-0.1, -0.05) is 42.3 Å². The van der Waals surface area contributed by atoms with Crippen molar-refractivity contribution in [2.45, 2.75) is 24.7 Å². The highest BCUT2D eigenvalue weighted by Gasteiger charge is 2.47. The van der Waals surface area contributed by atoms with Crippen LogP contribution in [0.5, 0.6) is 0 Å². The van der Waals surface area contributed by atoms with Gasteiger partial charge in [-0.15, -0.1) is 0 Å². The van der Waals surface area contributed by atoms with E-state index in [9.17, 15) is 14.0 Å². The highest BCUT2D eigenvalue weighted by atomic mass is 35.5. The molecule has 4 nitrogen and oxygen atoms in total. The smallest absolute Gasteiger partial charge is 0.317 e. The Bertz CT molecular complexity index is 788. The van der Waals surface area contributed by atoms with E-state index in [0.29, 0.717) is 23.6 Å². The first kappa shape index (κ1) is 17.4. The van der Waals surface area contributed by atoms with Crippen LogP contribution in [0.15, 0.2) is 48.5 Å². The van der Waals surface area contributed by atoms with Crippen LogP contribution >= 0.6 is 11.6 Å². The van der Waals surface area contributed by atoms with Crippen molar-refractivity contribution in [1.82, 2.24) is 0 Å². The minimum atomic E-state index is -0.779. The summed E-state index contributed by atoms with van der Waals surface area (Å²) in [7, 11) is 0. The lowest BCUT2D eigenvalue weighted by Gasteiger charge is -2.39. The maximum atomic E-state index is 13.1. The number of para-hydroxylation sites is 1. The molecule has 1 fully saturated rings. The van der Waals surface area contributed by atoms with Gasteiger partial charge in [0.1, 0.15) is 5.82 Å². The zero-order valence-electron chi connectivity index (χ0n) is 13.4. The van der Waals surface area contributed by atoms with Gasteiger partial charge in [-0.2, -0.15) is 0 Å². The molecule has 2 aromatic carbocycles. The molecule has 130 valence electrons. The molecule has 1 amide bonds. The molecular formula is C19H17ClFNO3. The summed E-state index contributed by atoms with van der Waals surface area (Å²) in [6.07, 6.45) is 2.14. The van der Waals surface area contributed by atoms with Gasteiger partial charge in [-0.05, 0) is 42.7 Å². The standard InChI is InChI=1S/C19H17ClFNO3/c20-15-4-1-2-5-16(15)22-17(23)12-25-18(24)19(10-3-11-19)13-6-8-14(21)9-7-13/h1-2,4-9H,3,10-12H2,(H,22,23). The van der Waals surface area contributed by atoms with E-state index >= 15 is 0 Å². The minimum absolute atomic E-state index is 0.356. The number of halogens is 2. The maximum Gasteiger partial charge on any atom is 0.317 e. The van der Waals surface area contributed by atoms with Crippen molar-refractivity contribution in [3.63, 3.8) is 0 Å². The number of ether oxygens (including phenoxy) is 1. The molecule has 1 N–H and O–H groups in total. The summed E-state index contributed by atoms with van der Waals surface area (Å²) in [5, 5.41) is 3.01. The average molecular weight is 362 g/mol. The van der Waals surface area contributed by atoms with E-state index < -0.39 is 23.9 Å². The molecule has 0 unspecified atom stereocenters. The van der Waals surface area contributed by atoms with Crippen molar-refractivity contribution in [1.29, 1.82) is 0 Å². The Morgan fingerprint density at radius 1 is 1.12 bits per heavy atom. The molecule has 1 aliphatic carbocycles. The second-order valence-corrected chi connectivity index (χ2v) is 6.45. The van der Waals surface area contributed by atoms with Gasteiger partial charge in [0.05, 0.1) is 16.1 Å². The first-order chi connectivity index (χ1) is 12.0. The van der Waals surface area contributed by atoms with Gasteiger partial charge in [0.2, 0.25) is 0 Å². The Morgan fingerprint density at radius 3 is 2.40 bits per heavy atom. The van der Waals surface area contributed by atoms with E-state index in [4.69, 9.17) is 16.3 Å². The maximum absolute atomic E-state index is 13.1. The predicted octanol–water partition coefficient (Wildman–Crippen LogP) is 4.08. The van der Waals surface area contributed by atoms with Crippen molar-refractivity contribution in [3.05, 3.63) is 64.9 Å². The Morgan fingerprint density at radius 2 is 1.80 bits per heavy atom. The summed E-state index contributed by atoms with van der Waals surface area (Å²) in [5.41, 5.74) is 0.400. The molecule has 0 aliphatic heterocycles. The quantitative estimate of drug-likeness (QED) is 0.816. The Kier molecular flexibility index (Phi) is 5.04. The zero-order chi connectivity index (χ0) is 17.9. The van der Waals surface area contributed by atoms with Gasteiger partial charge in [0, 0.05) is 0 Å². The second-order valence-electron chi connectivity index (χ2n) is 6.05. The molecule has 0 heterocycles. The number of hydrogen-bond acceptors (Lipinski definition) is 3. The molecular weight excluding hydrogens is 345 g/mol. The largest absolute Gasteiger partial charge is 0.455 e. The molecule has 2 aromatic rings. The third-order valence-electron chi connectivity index (χ3n) is 4.48. The summed E-state index contributed by atoms with van der Waals surface area (Å²) in [6, 6.07) is 12.7. The van der Waals surface area contributed by atoms with Crippen LogP contribution in [-0.4, -0.2) is 18.5 Å². The fourth-order valence-electron chi connectivity index (χ4n) is 2.93. The van der Waals surface area contributed by atoms with E-state index in [2.05, 4.69) is 5.32 Å². The number of anilines is 1. The van der Waals surface area contributed by atoms with Crippen LogP contribution in [0.25, 0.3) is 0 Å². The van der Waals surface area contributed by atoms with Crippen molar-refractivity contribution >= 4 is 29.2 Å². The predicted molar refractivity (Wildman–Crippen MR) is 93.0 cm³/mol. The highest BCUT2D eigenvalue weighted by molar-refractivity contribution is 6.33. The molecule has 25 heavy (non-hydrogen) atoms. The average Bonchev–Trinajstić information content (AvgIpc) is 2.56. The number of benzene rings is 2. The van der Waals surface area contributed by atoms with E-state index in [1.165, 1.54) is 12.1 Å². The molecule has 0 saturated heterocycles. The van der Waals surface area contributed by atoms with Crippen LogP contribution in [0.3, 0.4) is 0 Å². The van der Waals surface area contributed by atoms with Crippen LogP contribution in [0.2, 0.25) is 5.02 Å². The van der Waals surface area contributed by atoms with E-state index in [-0.39, 0.29) is 5.82 Å². The van der Waals surface area contributed by atoms with Crippen molar-refractivity contribution in [2.24, 2.45) is 0 Å². The third kappa shape index (κ3) is 3.66. The van der Waals surface area contributed by atoms with E-state index in [1.807, 2.05) is 0 Å². The molecule has 0 bridgehead atoms. The summed E-state index contributed by atoms with van der Waals surface area (Å²) in [4.78, 5) is 24.5. The summed E-state index contributed by atoms with van der Waals surface area (Å²) in [5.74, 6) is -1.28. The summed E-state index contributed by atoms with van der Waals surface area (Å²) in [6.45, 7) is -0.396. The molecule has 0 radical (unpaired) electrons. The number of amides is 1. The number of carbonyl (C=O) groups is 2. The van der Waals surface area contributed by atoms with Crippen LogP contribution in [0, 0.1) is 5.82 Å². The van der Waals surface area contributed by atoms with Crippen molar-refractivity contribution < 1.29 is 18.7 Å².